The molecule has 0 aliphatic carbocycles. The molecule has 2 heterocycles. The van der Waals surface area contributed by atoms with E-state index in [0.29, 0.717) is 23.3 Å². The van der Waals surface area contributed by atoms with E-state index in [1.165, 1.54) is 58.4 Å². The first-order valence-electron chi connectivity index (χ1n) is 11.1. The highest BCUT2D eigenvalue weighted by molar-refractivity contribution is 7.89. The van der Waals surface area contributed by atoms with Crippen molar-refractivity contribution in [2.75, 3.05) is 20.2 Å². The van der Waals surface area contributed by atoms with Crippen molar-refractivity contribution in [3.63, 3.8) is 0 Å². The number of aromatic nitrogens is 1. The maximum Gasteiger partial charge on any atom is 0.325 e. The van der Waals surface area contributed by atoms with Gasteiger partial charge in [0, 0.05) is 18.7 Å². The third kappa shape index (κ3) is 5.36. The first-order chi connectivity index (χ1) is 16.6. The van der Waals surface area contributed by atoms with Gasteiger partial charge in [0.2, 0.25) is 10.0 Å². The summed E-state index contributed by atoms with van der Waals surface area (Å²) in [5.41, 5.74) is 0.734. The van der Waals surface area contributed by atoms with Crippen LogP contribution in [0.25, 0.3) is 10.2 Å². The summed E-state index contributed by atoms with van der Waals surface area (Å²) in [6, 6.07) is 9.74. The van der Waals surface area contributed by atoms with Crippen LogP contribution in [0.5, 0.6) is 0 Å². The zero-order chi connectivity index (χ0) is 25.3. The van der Waals surface area contributed by atoms with E-state index < -0.39 is 27.7 Å². The van der Waals surface area contributed by atoms with Crippen LogP contribution >= 0.6 is 11.3 Å². The minimum absolute atomic E-state index is 0.119. The number of nitrogens with zero attached hydrogens (tertiary/aromatic N) is 3. The molecule has 0 unspecified atom stereocenters. The zero-order valence-corrected chi connectivity index (χ0v) is 21.2. The molecule has 1 saturated heterocycles. The molecule has 11 heteroatoms. The molecule has 186 valence electrons. The number of benzene rings is 2. The molecule has 1 aliphatic rings. The second kappa shape index (κ2) is 10.00. The predicted molar refractivity (Wildman–Crippen MR) is 130 cm³/mol. The summed E-state index contributed by atoms with van der Waals surface area (Å²) in [6.07, 6.45) is 0.987. The van der Waals surface area contributed by atoms with Crippen molar-refractivity contribution in [1.29, 1.82) is 0 Å². The van der Waals surface area contributed by atoms with E-state index in [2.05, 4.69) is 4.99 Å². The van der Waals surface area contributed by atoms with Gasteiger partial charge in [0.15, 0.2) is 4.80 Å². The van der Waals surface area contributed by atoms with Crippen LogP contribution in [0.2, 0.25) is 0 Å². The number of carbonyl (C=O) groups is 2. The highest BCUT2D eigenvalue weighted by atomic mass is 32.2. The summed E-state index contributed by atoms with van der Waals surface area (Å²) in [7, 11) is -2.42. The number of piperidine rings is 1. The van der Waals surface area contributed by atoms with Crippen molar-refractivity contribution in [3.05, 3.63) is 58.6 Å². The Hall–Kier alpha value is -2.89. The number of halogens is 1. The van der Waals surface area contributed by atoms with Gasteiger partial charge in [0.1, 0.15) is 12.4 Å². The Morgan fingerprint density at radius 2 is 1.77 bits per heavy atom. The molecule has 0 N–H and O–H groups in total. The number of sulfonamides is 1. The topological polar surface area (TPSA) is 98.0 Å². The molecule has 2 aromatic carbocycles. The Balaban J connectivity index is 1.65. The van der Waals surface area contributed by atoms with Gasteiger partial charge in [-0.05, 0) is 60.7 Å². The highest BCUT2D eigenvalue weighted by Gasteiger charge is 2.31. The fraction of sp³-hybridized carbons (Fsp3) is 0.375. The lowest BCUT2D eigenvalue weighted by molar-refractivity contribution is -0.141. The lowest BCUT2D eigenvalue weighted by atomic mass is 9.94. The van der Waals surface area contributed by atoms with Gasteiger partial charge in [-0.15, -0.1) is 0 Å². The number of hydrogen-bond donors (Lipinski definition) is 0. The monoisotopic (exact) mass is 519 g/mol. The number of esters is 1. The molecule has 0 bridgehead atoms. The fourth-order valence-corrected chi connectivity index (χ4v) is 7.08. The third-order valence-electron chi connectivity index (χ3n) is 5.93. The number of amides is 1. The average Bonchev–Trinajstić information content (AvgIpc) is 3.13. The first kappa shape index (κ1) is 25.2. The molecular formula is C24H26FN3O5S2. The van der Waals surface area contributed by atoms with E-state index in [-0.39, 0.29) is 33.6 Å². The van der Waals surface area contributed by atoms with Crippen LogP contribution in [0.3, 0.4) is 0 Å². The van der Waals surface area contributed by atoms with Crippen LogP contribution in [0.15, 0.2) is 52.4 Å². The average molecular weight is 520 g/mol. The zero-order valence-electron chi connectivity index (χ0n) is 19.6. The van der Waals surface area contributed by atoms with Gasteiger partial charge < -0.3 is 9.30 Å². The Morgan fingerprint density at radius 3 is 2.40 bits per heavy atom. The lowest BCUT2D eigenvalue weighted by Gasteiger charge is -2.34. The molecule has 1 fully saturated rings. The Labute approximate surface area is 206 Å². The molecule has 35 heavy (non-hydrogen) atoms. The van der Waals surface area contributed by atoms with Crippen molar-refractivity contribution in [2.45, 2.75) is 31.7 Å². The van der Waals surface area contributed by atoms with Crippen molar-refractivity contribution in [1.82, 2.24) is 8.87 Å². The van der Waals surface area contributed by atoms with Crippen molar-refractivity contribution in [3.8, 4) is 0 Å². The number of rotatable bonds is 5. The van der Waals surface area contributed by atoms with Gasteiger partial charge in [0.25, 0.3) is 5.91 Å². The second-order valence-electron chi connectivity index (χ2n) is 8.87. The summed E-state index contributed by atoms with van der Waals surface area (Å²) >= 11 is 1.07. The summed E-state index contributed by atoms with van der Waals surface area (Å²) in [5, 5.41) is 0. The van der Waals surface area contributed by atoms with Crippen molar-refractivity contribution < 1.29 is 27.1 Å². The molecule has 0 spiro atoms. The van der Waals surface area contributed by atoms with Crippen molar-refractivity contribution in [2.24, 2.45) is 16.8 Å². The van der Waals surface area contributed by atoms with E-state index >= 15 is 0 Å². The van der Waals surface area contributed by atoms with E-state index in [1.54, 1.807) is 0 Å². The van der Waals surface area contributed by atoms with Gasteiger partial charge in [-0.2, -0.15) is 9.30 Å². The number of ether oxygens (including phenoxy) is 1. The van der Waals surface area contributed by atoms with Crippen LogP contribution in [0, 0.1) is 17.7 Å². The molecule has 0 radical (unpaired) electrons. The number of carbonyl (C=O) groups excluding carboxylic acids is 2. The summed E-state index contributed by atoms with van der Waals surface area (Å²) < 4.78 is 48.1. The number of hydrogen-bond acceptors (Lipinski definition) is 6. The predicted octanol–water partition coefficient (Wildman–Crippen LogP) is 3.42. The van der Waals surface area contributed by atoms with E-state index in [9.17, 15) is 22.4 Å². The summed E-state index contributed by atoms with van der Waals surface area (Å²) in [6.45, 7) is 4.82. The summed E-state index contributed by atoms with van der Waals surface area (Å²) in [5.74, 6) is -1.05. The normalized spacial score (nSPS) is 19.7. The number of methoxy groups -OCH3 is 1. The smallest absolute Gasteiger partial charge is 0.325 e. The van der Waals surface area contributed by atoms with Gasteiger partial charge in [-0.25, -0.2) is 12.8 Å². The maximum absolute atomic E-state index is 13.7. The fourth-order valence-electron chi connectivity index (χ4n) is 4.35. The van der Waals surface area contributed by atoms with Crippen LogP contribution < -0.4 is 4.80 Å². The SMILES string of the molecule is COC(=O)Cn1c(=NC(=O)c2ccc(S(=O)(=O)N3C[C@H](C)C[C@H](C)C3)cc2)sc2cc(F)ccc21. The largest absolute Gasteiger partial charge is 0.468 e. The molecule has 2 atom stereocenters. The Morgan fingerprint density at radius 1 is 1.11 bits per heavy atom. The molecule has 1 amide bonds. The van der Waals surface area contributed by atoms with Gasteiger partial charge in [-0.1, -0.05) is 25.2 Å². The molecule has 0 saturated carbocycles. The van der Waals surface area contributed by atoms with Crippen LogP contribution in [0.4, 0.5) is 4.39 Å². The van der Waals surface area contributed by atoms with Gasteiger partial charge >= 0.3 is 5.97 Å². The molecule has 3 aromatic rings. The lowest BCUT2D eigenvalue weighted by Crippen LogP contribution is -2.42. The first-order valence-corrected chi connectivity index (χ1v) is 13.4. The summed E-state index contributed by atoms with van der Waals surface area (Å²) in [4.78, 5) is 29.3. The molecule has 1 aliphatic heterocycles. The van der Waals surface area contributed by atoms with E-state index in [4.69, 9.17) is 4.74 Å². The van der Waals surface area contributed by atoms with Gasteiger partial charge in [0.05, 0.1) is 22.2 Å². The molecule has 4 rings (SSSR count). The molecular weight excluding hydrogens is 493 g/mol. The Bertz CT molecular complexity index is 1430. The minimum Gasteiger partial charge on any atom is -0.468 e. The number of thiazole rings is 1. The Kier molecular flexibility index (Phi) is 7.20. The van der Waals surface area contributed by atoms with Gasteiger partial charge in [-0.3, -0.25) is 9.59 Å². The van der Waals surface area contributed by atoms with Crippen LogP contribution in [0.1, 0.15) is 30.6 Å². The minimum atomic E-state index is -3.67. The molecule has 1 aromatic heterocycles. The van der Waals surface area contributed by atoms with E-state index in [0.717, 1.165) is 17.8 Å². The second-order valence-corrected chi connectivity index (χ2v) is 11.8. The number of fused-ring (bicyclic) bond motifs is 1. The third-order valence-corrected chi connectivity index (χ3v) is 8.82. The van der Waals surface area contributed by atoms with E-state index in [1.807, 2.05) is 13.8 Å². The van der Waals surface area contributed by atoms with Crippen LogP contribution in [-0.4, -0.2) is 49.4 Å². The highest BCUT2D eigenvalue weighted by Crippen LogP contribution is 2.27. The standard InChI is InChI=1S/C24H26FN3O5S2/c1-15-10-16(2)13-27(12-15)35(31,32)19-7-4-17(5-8-19)23(30)26-24-28(14-22(29)33-3)20-9-6-18(25)11-21(20)34-24/h4-9,11,15-16H,10,12-14H2,1-3H3/t15-,16+. The quantitative estimate of drug-likeness (QED) is 0.481. The van der Waals surface area contributed by atoms with Crippen LogP contribution in [-0.2, 0) is 26.1 Å². The molecule has 8 nitrogen and oxygen atoms in total. The van der Waals surface area contributed by atoms with Crippen molar-refractivity contribution >= 4 is 43.5 Å². The maximum atomic E-state index is 13.7.